The van der Waals surface area contributed by atoms with Crippen molar-refractivity contribution < 1.29 is 173 Å². The van der Waals surface area contributed by atoms with E-state index in [0.717, 1.165) is 78.1 Å². The van der Waals surface area contributed by atoms with Gasteiger partial charge in [0.05, 0.1) is 70.0 Å². The van der Waals surface area contributed by atoms with Crippen LogP contribution in [-0.2, 0) is 76.0 Å². The maximum atomic E-state index is 14.0. The van der Waals surface area contributed by atoms with E-state index in [-0.39, 0.29) is 6.42 Å². The highest BCUT2D eigenvalue weighted by Crippen LogP contribution is 2.42. The normalized spacial score (nSPS) is 36.2. The minimum Gasteiger partial charge on any atom is -0.477 e. The fourth-order valence-corrected chi connectivity index (χ4v) is 16.1. The van der Waals surface area contributed by atoms with Crippen molar-refractivity contribution in [1.82, 2.24) is 16.0 Å². The van der Waals surface area contributed by atoms with Crippen LogP contribution in [0.3, 0.4) is 0 Å². The average Bonchev–Trinajstić information content (AvgIpc) is 0.747. The van der Waals surface area contributed by atoms with Crippen LogP contribution in [0.15, 0.2) is 12.2 Å². The van der Waals surface area contributed by atoms with Crippen LogP contribution in [0.4, 0.5) is 0 Å². The van der Waals surface area contributed by atoms with Gasteiger partial charge in [-0.15, -0.1) is 0 Å². The fourth-order valence-electron chi connectivity index (χ4n) is 16.1. The number of ether oxygens (including phenoxy) is 12. The van der Waals surface area contributed by atoms with Gasteiger partial charge in [0.1, 0.15) is 134 Å². The Morgan fingerprint density at radius 2 is 0.891 bits per heavy atom. The number of rotatable bonds is 56. The van der Waals surface area contributed by atoms with Crippen LogP contribution in [0.1, 0.15) is 234 Å². The molecule has 694 valence electrons. The topological polar surface area (TPSA) is 600 Å². The first kappa shape index (κ1) is 104. The van der Waals surface area contributed by atoms with Gasteiger partial charge in [-0.05, 0) is 26.2 Å². The summed E-state index contributed by atoms with van der Waals surface area (Å²) in [6.07, 6.45) is -24.8. The fraction of sp³-hybridized carbons (Fsp3) is 0.926. The molecule has 38 nitrogen and oxygen atoms in total. The summed E-state index contributed by atoms with van der Waals surface area (Å²) >= 11 is 0. The summed E-state index contributed by atoms with van der Waals surface area (Å²) in [7, 11) is 0. The summed E-state index contributed by atoms with van der Waals surface area (Å²) in [4.78, 5) is 53.7. The molecule has 0 aromatic heterocycles. The number of hydrogen-bond acceptors (Lipinski definition) is 34. The minimum atomic E-state index is -3.44. The molecule has 0 radical (unpaired) electrons. The molecule has 22 N–H and O–H groups in total. The molecule has 0 aromatic rings. The molecule has 6 saturated heterocycles. The van der Waals surface area contributed by atoms with Gasteiger partial charge in [-0.25, -0.2) is 4.79 Å². The highest BCUT2D eigenvalue weighted by atomic mass is 16.8. The number of carboxylic acids is 1. The van der Waals surface area contributed by atoms with Gasteiger partial charge >= 0.3 is 5.97 Å². The van der Waals surface area contributed by atoms with Gasteiger partial charge in [-0.2, -0.15) is 0 Å². The van der Waals surface area contributed by atoms with Crippen molar-refractivity contribution in [3.63, 3.8) is 0 Å². The van der Waals surface area contributed by atoms with Crippen molar-refractivity contribution >= 4 is 23.7 Å². The number of aliphatic hydroxyl groups is 18. The van der Waals surface area contributed by atoms with Crippen molar-refractivity contribution in [2.24, 2.45) is 0 Å². The largest absolute Gasteiger partial charge is 0.477 e. The van der Waals surface area contributed by atoms with Crippen molar-refractivity contribution in [3.8, 4) is 0 Å². The summed E-state index contributed by atoms with van der Waals surface area (Å²) in [5, 5.41) is 222. The van der Waals surface area contributed by atoms with Crippen LogP contribution in [0.5, 0.6) is 0 Å². The lowest BCUT2D eigenvalue weighted by molar-refractivity contribution is -0.405. The number of amides is 3. The third kappa shape index (κ3) is 31.5. The van der Waals surface area contributed by atoms with E-state index in [2.05, 4.69) is 29.8 Å². The van der Waals surface area contributed by atoms with Gasteiger partial charge in [0.15, 0.2) is 31.5 Å². The Morgan fingerprint density at radius 3 is 1.41 bits per heavy atom. The predicted octanol–water partition coefficient (Wildman–Crippen LogP) is -1.41. The zero-order valence-electron chi connectivity index (χ0n) is 69.8. The molecule has 0 aliphatic carbocycles. The summed E-state index contributed by atoms with van der Waals surface area (Å²) in [5.74, 6) is -7.89. The van der Waals surface area contributed by atoms with E-state index in [1.54, 1.807) is 6.08 Å². The number of allylic oxidation sites excluding steroid dienone is 1. The third-order valence-electron chi connectivity index (χ3n) is 23.2. The molecule has 0 aromatic carbocycles. The average molecular weight is 1720 g/mol. The van der Waals surface area contributed by atoms with E-state index in [1.165, 1.54) is 122 Å². The van der Waals surface area contributed by atoms with Crippen LogP contribution in [0.2, 0.25) is 0 Å². The van der Waals surface area contributed by atoms with Gasteiger partial charge in [-0.1, -0.05) is 193 Å². The number of aliphatic carboxylic acids is 1. The Morgan fingerprint density at radius 1 is 0.454 bits per heavy atom. The molecule has 6 rings (SSSR count). The number of hydrogen-bond donors (Lipinski definition) is 22. The van der Waals surface area contributed by atoms with E-state index in [1.807, 2.05) is 0 Å². The summed E-state index contributed by atoms with van der Waals surface area (Å²) in [5.41, 5.74) is 0. The van der Waals surface area contributed by atoms with Crippen molar-refractivity contribution in [3.05, 3.63) is 12.2 Å². The molecule has 38 heteroatoms. The Bertz CT molecular complexity index is 2850. The van der Waals surface area contributed by atoms with E-state index in [4.69, 9.17) is 56.8 Å². The second kappa shape index (κ2) is 54.4. The van der Waals surface area contributed by atoms with Gasteiger partial charge < -0.3 is 170 Å². The number of aliphatic hydroxyl groups excluding tert-OH is 18. The number of carboxylic acid groups (broad SMARTS) is 1. The first-order valence-corrected chi connectivity index (χ1v) is 43.5. The lowest BCUT2D eigenvalue weighted by Crippen LogP contribution is -2.72. The standard InChI is InChI=1S/C81H145N3O35/c1-6-8-10-12-14-16-18-20-21-22-23-25-27-29-31-33-35-37-56(95)84-48(49(92)36-34-32-30-28-26-24-19-17-15-13-11-9-7-2)44-108-76-67(104)65(102)69(54(42-88)112-76)114-78-68(105)73(119-81(80(106)107)38-50(93)57(82-46(4)90)72(118-81)60(97)51(94)39-85)70(55(43-89)113-78)115-75-58(83-47(5)91)71(62(99)53(41-87)110-75)116-79-74(64(101)61(98)52(40-86)111-79)117-77-66(103)63(100)59(96)45(3)109-77/h34,36,45,48-55,57-79,85-89,92-94,96-105H,6-33,35,37-44H2,1-5H3,(H,82,90)(H,83,91)(H,84,95)(H,106,107)/b36-34+/t45?,48-,49+,50?,51+,52?,53?,54?,55?,57+,58?,59+,60+,61-,62-,63?,64-,65+,66-,67?,68?,69+,70-,71+,72?,73+,74?,75-,76+,77+,78-,79-,81-/m0/s1. The zero-order chi connectivity index (χ0) is 87.5. The minimum absolute atomic E-state index is 0.119. The van der Waals surface area contributed by atoms with Crippen LogP contribution in [0, 0.1) is 0 Å². The highest BCUT2D eigenvalue weighted by Gasteiger charge is 2.63. The van der Waals surface area contributed by atoms with Crippen LogP contribution < -0.4 is 16.0 Å². The first-order chi connectivity index (χ1) is 57.0. The van der Waals surface area contributed by atoms with E-state index < -0.39 is 272 Å². The van der Waals surface area contributed by atoms with Crippen LogP contribution >= 0.6 is 0 Å². The van der Waals surface area contributed by atoms with Gasteiger partial charge in [0.25, 0.3) is 5.79 Å². The maximum absolute atomic E-state index is 14.0. The lowest BCUT2D eigenvalue weighted by Gasteiger charge is -2.53. The quantitative estimate of drug-likeness (QED) is 0.0246. The van der Waals surface area contributed by atoms with Gasteiger partial charge in [-0.3, -0.25) is 14.4 Å². The van der Waals surface area contributed by atoms with Crippen molar-refractivity contribution in [1.29, 1.82) is 0 Å². The Labute approximate surface area is 697 Å². The molecular formula is C81H145N3O35. The van der Waals surface area contributed by atoms with Crippen molar-refractivity contribution in [2.75, 3.05) is 39.6 Å². The molecule has 6 aliphatic heterocycles. The number of carbonyl (C=O) groups is 4. The summed E-state index contributed by atoms with van der Waals surface area (Å²) < 4.78 is 72.6. The Kier molecular flexibility index (Phi) is 47.7. The second-order valence-corrected chi connectivity index (χ2v) is 32.8. The maximum Gasteiger partial charge on any atom is 0.364 e. The molecule has 0 saturated carbocycles. The number of carbonyl (C=O) groups excluding carboxylic acids is 3. The van der Waals surface area contributed by atoms with Crippen LogP contribution in [0.25, 0.3) is 0 Å². The summed E-state index contributed by atoms with van der Waals surface area (Å²) in [6.45, 7) is 1.28. The highest BCUT2D eigenvalue weighted by molar-refractivity contribution is 5.77. The molecule has 33 atom stereocenters. The van der Waals surface area contributed by atoms with E-state index in [9.17, 15) is 116 Å². The molecule has 6 heterocycles. The molecule has 0 spiro atoms. The lowest BCUT2D eigenvalue weighted by atomic mass is 9.88. The predicted molar refractivity (Wildman–Crippen MR) is 419 cm³/mol. The summed E-state index contributed by atoms with van der Waals surface area (Å²) in [6, 6.07) is -4.98. The zero-order valence-corrected chi connectivity index (χ0v) is 69.8. The molecule has 3 amide bonds. The molecule has 119 heavy (non-hydrogen) atoms. The molecule has 6 fully saturated rings. The molecular weight excluding hydrogens is 1570 g/mol. The number of unbranched alkanes of at least 4 members (excludes halogenated alkanes) is 27. The molecule has 0 bridgehead atoms. The second-order valence-electron chi connectivity index (χ2n) is 32.8. The Hall–Kier alpha value is -3.58. The SMILES string of the molecule is CCCCCCCCCCCCC/C=C/[C@@H](O)[C@H](CO[C@@H]1OC(CO)[C@@H](O[C@@H]2OC(CO)[C@H](O[C@@H]3OC(CO)[C@H](O)[C@H](O[C@@H]4OC(CO)[C@H](O)[C@H](O)C4O[C@H]4OC(C)[C@@H](O)C(O)[C@@H]4O)C3NC(C)=O)[C@H](O[C@]3(C(=O)O)CC(O)[C@@H](NC(C)=O)C([C@H](O)[C@H](O)CO)O3)C2O)[C@H](O)C1O)NC(=O)CCCCCCCCCCCCCCCCCCC. The van der Waals surface area contributed by atoms with Crippen molar-refractivity contribution in [2.45, 2.75) is 436 Å². The molecule has 6 aliphatic rings. The van der Waals surface area contributed by atoms with Crippen LogP contribution in [-0.4, -0.2) is 362 Å². The Balaban J connectivity index is 1.25. The third-order valence-corrected chi connectivity index (χ3v) is 23.2. The van der Waals surface area contributed by atoms with E-state index >= 15 is 0 Å². The molecule has 12 unspecified atom stereocenters. The number of nitrogens with one attached hydrogen (secondary N) is 3. The monoisotopic (exact) mass is 1720 g/mol. The van der Waals surface area contributed by atoms with E-state index in [0.29, 0.717) is 12.8 Å². The van der Waals surface area contributed by atoms with Gasteiger partial charge in [0, 0.05) is 26.7 Å². The van der Waals surface area contributed by atoms with Gasteiger partial charge in [0.2, 0.25) is 17.7 Å². The first-order valence-electron chi connectivity index (χ1n) is 43.5. The smallest absolute Gasteiger partial charge is 0.364 e.